The van der Waals surface area contributed by atoms with E-state index in [1.807, 2.05) is 24.3 Å². The van der Waals surface area contributed by atoms with E-state index in [2.05, 4.69) is 29.6 Å². The van der Waals surface area contributed by atoms with Crippen molar-refractivity contribution in [3.63, 3.8) is 0 Å². The Hall–Kier alpha value is -2.70. The maximum absolute atomic E-state index is 12.8. The average molecular weight is 411 g/mol. The van der Waals surface area contributed by atoms with Gasteiger partial charge in [-0.05, 0) is 34.7 Å². The lowest BCUT2D eigenvalue weighted by molar-refractivity contribution is -0.124. The van der Waals surface area contributed by atoms with Crippen LogP contribution in [0.1, 0.15) is 23.6 Å². The van der Waals surface area contributed by atoms with Gasteiger partial charge in [0.15, 0.2) is 0 Å². The average Bonchev–Trinajstić information content (AvgIpc) is 2.71. The number of benzene rings is 3. The molecule has 3 aromatic rings. The van der Waals surface area contributed by atoms with Gasteiger partial charge in [0.1, 0.15) is 6.04 Å². The Labute approximate surface area is 172 Å². The first-order valence-corrected chi connectivity index (χ1v) is 11.4. The SMILES string of the molecule is CN([C@H](C(=O)NCCCc1cccc2ccccc12)c1ccccc1)S(C)(=O)=O. The number of aryl methyl sites for hydroxylation is 1. The summed E-state index contributed by atoms with van der Waals surface area (Å²) in [5, 5.41) is 5.33. The van der Waals surface area contributed by atoms with E-state index in [-0.39, 0.29) is 5.91 Å². The maximum Gasteiger partial charge on any atom is 0.242 e. The van der Waals surface area contributed by atoms with Gasteiger partial charge in [-0.2, -0.15) is 4.31 Å². The summed E-state index contributed by atoms with van der Waals surface area (Å²) in [6, 6.07) is 22.6. The first-order chi connectivity index (χ1) is 13.9. The van der Waals surface area contributed by atoms with Gasteiger partial charge in [-0.15, -0.1) is 0 Å². The molecule has 0 radical (unpaired) electrons. The van der Waals surface area contributed by atoms with Gasteiger partial charge in [0.2, 0.25) is 15.9 Å². The van der Waals surface area contributed by atoms with Crippen LogP contribution in [-0.2, 0) is 21.2 Å². The molecule has 1 N–H and O–H groups in total. The number of amides is 1. The fourth-order valence-electron chi connectivity index (χ4n) is 3.45. The van der Waals surface area contributed by atoms with Crippen LogP contribution in [0.4, 0.5) is 0 Å². The van der Waals surface area contributed by atoms with Crippen LogP contribution in [-0.4, -0.2) is 38.5 Å². The van der Waals surface area contributed by atoms with Crippen LogP contribution in [0, 0.1) is 0 Å². The molecule has 0 aliphatic rings. The normalized spacial score (nSPS) is 12.8. The second kappa shape index (κ2) is 9.20. The van der Waals surface area contributed by atoms with Gasteiger partial charge < -0.3 is 5.32 Å². The largest absolute Gasteiger partial charge is 0.354 e. The zero-order valence-electron chi connectivity index (χ0n) is 16.7. The summed E-state index contributed by atoms with van der Waals surface area (Å²) < 4.78 is 25.2. The summed E-state index contributed by atoms with van der Waals surface area (Å²) in [4.78, 5) is 12.8. The van der Waals surface area contributed by atoms with Gasteiger partial charge in [0.25, 0.3) is 0 Å². The number of fused-ring (bicyclic) bond motifs is 1. The number of carbonyl (C=O) groups is 1. The van der Waals surface area contributed by atoms with E-state index in [4.69, 9.17) is 0 Å². The van der Waals surface area contributed by atoms with Gasteiger partial charge in [0, 0.05) is 13.6 Å². The highest BCUT2D eigenvalue weighted by Gasteiger charge is 2.30. The molecule has 0 fully saturated rings. The first kappa shape index (κ1) is 21.0. The lowest BCUT2D eigenvalue weighted by Gasteiger charge is -2.25. The van der Waals surface area contributed by atoms with Crippen molar-refractivity contribution in [2.24, 2.45) is 0 Å². The monoisotopic (exact) mass is 410 g/mol. The third-order valence-electron chi connectivity index (χ3n) is 5.05. The van der Waals surface area contributed by atoms with Crippen LogP contribution in [0.3, 0.4) is 0 Å². The molecular formula is C23H26N2O3S. The van der Waals surface area contributed by atoms with E-state index in [1.54, 1.807) is 24.3 Å². The molecule has 0 heterocycles. The Kier molecular flexibility index (Phi) is 6.67. The first-order valence-electron chi connectivity index (χ1n) is 9.60. The molecule has 0 saturated carbocycles. The number of carbonyl (C=O) groups excluding carboxylic acids is 1. The number of nitrogens with zero attached hydrogens (tertiary/aromatic N) is 1. The molecule has 152 valence electrons. The molecular weight excluding hydrogens is 384 g/mol. The van der Waals surface area contributed by atoms with Gasteiger partial charge in [-0.25, -0.2) is 8.42 Å². The smallest absolute Gasteiger partial charge is 0.242 e. The minimum absolute atomic E-state index is 0.318. The van der Waals surface area contributed by atoms with Crippen molar-refractivity contribution in [3.05, 3.63) is 83.9 Å². The number of rotatable bonds is 8. The van der Waals surface area contributed by atoms with Crippen LogP contribution in [0.5, 0.6) is 0 Å². The van der Waals surface area contributed by atoms with E-state index in [0.717, 1.165) is 23.4 Å². The maximum atomic E-state index is 12.8. The quantitative estimate of drug-likeness (QED) is 0.578. The van der Waals surface area contributed by atoms with Crippen LogP contribution in [0.2, 0.25) is 0 Å². The molecule has 6 heteroatoms. The second-order valence-corrected chi connectivity index (χ2v) is 9.17. The number of nitrogens with one attached hydrogen (secondary N) is 1. The fraction of sp³-hybridized carbons (Fsp3) is 0.261. The Morgan fingerprint density at radius 3 is 2.34 bits per heavy atom. The van der Waals surface area contributed by atoms with Gasteiger partial charge in [-0.1, -0.05) is 72.8 Å². The van der Waals surface area contributed by atoms with Crippen LogP contribution in [0.25, 0.3) is 10.8 Å². The number of sulfonamides is 1. The zero-order valence-corrected chi connectivity index (χ0v) is 17.5. The van der Waals surface area contributed by atoms with E-state index in [9.17, 15) is 13.2 Å². The molecule has 5 nitrogen and oxygen atoms in total. The Balaban J connectivity index is 1.66. The highest BCUT2D eigenvalue weighted by atomic mass is 32.2. The van der Waals surface area contributed by atoms with Crippen molar-refractivity contribution in [1.29, 1.82) is 0 Å². The molecule has 0 saturated heterocycles. The Morgan fingerprint density at radius 1 is 0.966 bits per heavy atom. The van der Waals surface area contributed by atoms with Gasteiger partial charge >= 0.3 is 0 Å². The standard InChI is InChI=1S/C23H26N2O3S/c1-25(29(2,27)28)22(20-11-4-3-5-12-20)23(26)24-17-9-15-19-14-8-13-18-10-6-7-16-21(18)19/h3-8,10-14,16,22H,9,15,17H2,1-2H3,(H,24,26)/t22-/m0/s1. The summed E-state index contributed by atoms with van der Waals surface area (Å²) in [5.41, 5.74) is 1.89. The molecule has 0 aliphatic carbocycles. The number of hydrogen-bond donors (Lipinski definition) is 1. The van der Waals surface area contributed by atoms with E-state index in [1.165, 1.54) is 23.4 Å². The molecule has 1 amide bonds. The van der Waals surface area contributed by atoms with E-state index >= 15 is 0 Å². The van der Waals surface area contributed by atoms with E-state index < -0.39 is 16.1 Å². The van der Waals surface area contributed by atoms with Crippen molar-refractivity contribution in [3.8, 4) is 0 Å². The molecule has 0 aromatic heterocycles. The summed E-state index contributed by atoms with van der Waals surface area (Å²) in [5.74, 6) is -0.318. The summed E-state index contributed by atoms with van der Waals surface area (Å²) >= 11 is 0. The molecule has 0 unspecified atom stereocenters. The van der Waals surface area contributed by atoms with Gasteiger partial charge in [0.05, 0.1) is 6.26 Å². The number of likely N-dealkylation sites (N-methyl/N-ethyl adjacent to an activating group) is 1. The van der Waals surface area contributed by atoms with Crippen LogP contribution >= 0.6 is 0 Å². The Morgan fingerprint density at radius 2 is 1.62 bits per heavy atom. The molecule has 0 aliphatic heterocycles. The molecule has 1 atom stereocenters. The van der Waals surface area contributed by atoms with E-state index in [0.29, 0.717) is 12.1 Å². The topological polar surface area (TPSA) is 66.5 Å². The molecule has 3 aromatic carbocycles. The Bertz CT molecular complexity index is 1080. The highest BCUT2D eigenvalue weighted by molar-refractivity contribution is 7.88. The molecule has 3 rings (SSSR count). The molecule has 0 spiro atoms. The van der Waals surface area contributed by atoms with Crippen molar-refractivity contribution >= 4 is 26.7 Å². The van der Waals surface area contributed by atoms with Crippen molar-refractivity contribution < 1.29 is 13.2 Å². The lowest BCUT2D eigenvalue weighted by Crippen LogP contribution is -2.41. The number of hydrogen-bond acceptors (Lipinski definition) is 3. The third kappa shape index (κ3) is 5.22. The van der Waals surface area contributed by atoms with Crippen molar-refractivity contribution in [2.75, 3.05) is 19.8 Å². The van der Waals surface area contributed by atoms with Crippen molar-refractivity contribution in [2.45, 2.75) is 18.9 Å². The van der Waals surface area contributed by atoms with Crippen LogP contribution in [0.15, 0.2) is 72.8 Å². The van der Waals surface area contributed by atoms with Gasteiger partial charge in [-0.3, -0.25) is 4.79 Å². The molecule has 29 heavy (non-hydrogen) atoms. The second-order valence-electron chi connectivity index (χ2n) is 7.13. The zero-order chi connectivity index (χ0) is 20.9. The van der Waals surface area contributed by atoms with Crippen molar-refractivity contribution in [1.82, 2.24) is 9.62 Å². The fourth-order valence-corrected chi connectivity index (χ4v) is 4.05. The highest BCUT2D eigenvalue weighted by Crippen LogP contribution is 2.22. The summed E-state index contributed by atoms with van der Waals surface area (Å²) in [6.45, 7) is 0.475. The predicted molar refractivity (Wildman–Crippen MR) is 117 cm³/mol. The molecule has 0 bridgehead atoms. The minimum Gasteiger partial charge on any atom is -0.354 e. The summed E-state index contributed by atoms with van der Waals surface area (Å²) in [7, 11) is -2.09. The predicted octanol–water partition coefficient (Wildman–Crippen LogP) is 3.52. The minimum atomic E-state index is -3.52. The lowest BCUT2D eigenvalue weighted by atomic mass is 10.0. The third-order valence-corrected chi connectivity index (χ3v) is 6.31. The summed E-state index contributed by atoms with van der Waals surface area (Å²) in [6.07, 6.45) is 2.71. The van der Waals surface area contributed by atoms with Crippen LogP contribution < -0.4 is 5.32 Å².